The van der Waals surface area contributed by atoms with Crippen LogP contribution in [0.25, 0.3) is 10.8 Å². The van der Waals surface area contributed by atoms with Gasteiger partial charge in [-0.15, -0.1) is 0 Å². The van der Waals surface area contributed by atoms with Gasteiger partial charge in [-0.05, 0) is 29.5 Å². The predicted octanol–water partition coefficient (Wildman–Crippen LogP) is 5.78. The Bertz CT molecular complexity index is 1030. The van der Waals surface area contributed by atoms with Crippen molar-refractivity contribution in [2.45, 2.75) is 12.3 Å². The highest BCUT2D eigenvalue weighted by Crippen LogP contribution is 2.34. The second-order valence-corrected chi connectivity index (χ2v) is 6.84. The molecule has 0 aliphatic rings. The summed E-state index contributed by atoms with van der Waals surface area (Å²) in [6.07, 6.45) is 0. The lowest BCUT2D eigenvalue weighted by atomic mass is 9.75. The molecular weight excluding hydrogens is 330 g/mol. The maximum atomic E-state index is 13.6. The number of amides is 1. The standard InChI is InChI=1S/C25H21NO/c1-25(20-13-4-2-5-14-20,21-15-6-3-7-16-21)24(27)26-23-18-10-12-19-11-8-9-17-22(19)23/h2-18H,1H3,(H,26,27). The molecule has 0 fully saturated rings. The number of hydrogen-bond donors (Lipinski definition) is 1. The molecule has 0 heterocycles. The number of anilines is 1. The Morgan fingerprint density at radius 2 is 1.19 bits per heavy atom. The first kappa shape index (κ1) is 17.0. The Morgan fingerprint density at radius 1 is 0.667 bits per heavy atom. The lowest BCUT2D eigenvalue weighted by Gasteiger charge is -2.30. The van der Waals surface area contributed by atoms with Gasteiger partial charge < -0.3 is 5.32 Å². The molecular formula is C25H21NO. The van der Waals surface area contributed by atoms with E-state index in [1.54, 1.807) is 0 Å². The SMILES string of the molecule is CC(C(=O)Nc1cccc2ccccc12)(c1ccccc1)c1ccccc1. The minimum absolute atomic E-state index is 0.0451. The van der Waals surface area contributed by atoms with Crippen LogP contribution in [0.4, 0.5) is 5.69 Å². The third-order valence-electron chi connectivity index (χ3n) is 5.19. The first-order valence-corrected chi connectivity index (χ1v) is 9.10. The zero-order chi connectivity index (χ0) is 18.7. The van der Waals surface area contributed by atoms with Crippen molar-refractivity contribution in [3.05, 3.63) is 114 Å². The van der Waals surface area contributed by atoms with Crippen molar-refractivity contribution in [3.63, 3.8) is 0 Å². The van der Waals surface area contributed by atoms with Crippen LogP contribution in [-0.2, 0) is 10.2 Å². The fraction of sp³-hybridized carbons (Fsp3) is 0.0800. The van der Waals surface area contributed by atoms with E-state index in [2.05, 4.69) is 17.4 Å². The van der Waals surface area contributed by atoms with Gasteiger partial charge in [0.25, 0.3) is 0 Å². The van der Waals surface area contributed by atoms with Crippen LogP contribution < -0.4 is 5.32 Å². The van der Waals surface area contributed by atoms with Crippen LogP contribution in [0.2, 0.25) is 0 Å². The van der Waals surface area contributed by atoms with Gasteiger partial charge in [-0.2, -0.15) is 0 Å². The molecule has 0 aliphatic heterocycles. The Morgan fingerprint density at radius 3 is 1.81 bits per heavy atom. The lowest BCUT2D eigenvalue weighted by molar-refractivity contribution is -0.119. The summed E-state index contributed by atoms with van der Waals surface area (Å²) in [6.45, 7) is 1.98. The van der Waals surface area contributed by atoms with E-state index in [0.717, 1.165) is 27.6 Å². The van der Waals surface area contributed by atoms with Crippen molar-refractivity contribution < 1.29 is 4.79 Å². The van der Waals surface area contributed by atoms with E-state index in [1.807, 2.05) is 97.9 Å². The largest absolute Gasteiger partial charge is 0.324 e. The molecule has 0 saturated heterocycles. The molecule has 0 unspecified atom stereocenters. The molecule has 0 bridgehead atoms. The number of rotatable bonds is 4. The van der Waals surface area contributed by atoms with Crippen LogP contribution in [0.15, 0.2) is 103 Å². The summed E-state index contributed by atoms with van der Waals surface area (Å²) in [7, 11) is 0. The molecule has 4 rings (SSSR count). The highest BCUT2D eigenvalue weighted by molar-refractivity contribution is 6.07. The van der Waals surface area contributed by atoms with Crippen molar-refractivity contribution in [2.24, 2.45) is 0 Å². The molecule has 1 amide bonds. The first-order valence-electron chi connectivity index (χ1n) is 9.10. The second kappa shape index (κ2) is 7.08. The molecule has 0 aliphatic carbocycles. The normalized spacial score (nSPS) is 11.3. The van der Waals surface area contributed by atoms with Crippen molar-refractivity contribution in [2.75, 3.05) is 5.32 Å². The third kappa shape index (κ3) is 3.11. The number of hydrogen-bond acceptors (Lipinski definition) is 1. The summed E-state index contributed by atoms with van der Waals surface area (Å²) in [5, 5.41) is 5.33. The highest BCUT2D eigenvalue weighted by atomic mass is 16.2. The van der Waals surface area contributed by atoms with Gasteiger partial charge in [0.15, 0.2) is 0 Å². The van der Waals surface area contributed by atoms with E-state index in [4.69, 9.17) is 0 Å². The fourth-order valence-electron chi connectivity index (χ4n) is 3.55. The Hall–Kier alpha value is -3.39. The summed E-state index contributed by atoms with van der Waals surface area (Å²) >= 11 is 0. The molecule has 0 saturated carbocycles. The maximum Gasteiger partial charge on any atom is 0.239 e. The summed E-state index contributed by atoms with van der Waals surface area (Å²) < 4.78 is 0. The van der Waals surface area contributed by atoms with Crippen molar-refractivity contribution in [1.82, 2.24) is 0 Å². The van der Waals surface area contributed by atoms with Gasteiger partial charge >= 0.3 is 0 Å². The topological polar surface area (TPSA) is 29.1 Å². The molecule has 4 aromatic carbocycles. The minimum Gasteiger partial charge on any atom is -0.324 e. The zero-order valence-corrected chi connectivity index (χ0v) is 15.2. The van der Waals surface area contributed by atoms with Crippen LogP contribution in [0, 0.1) is 0 Å². The lowest BCUT2D eigenvalue weighted by Crippen LogP contribution is -2.38. The van der Waals surface area contributed by atoms with Gasteiger partial charge in [0.05, 0.1) is 5.41 Å². The average Bonchev–Trinajstić information content (AvgIpc) is 2.74. The number of nitrogens with one attached hydrogen (secondary N) is 1. The van der Waals surface area contributed by atoms with Crippen molar-refractivity contribution >= 4 is 22.4 Å². The van der Waals surface area contributed by atoms with Crippen LogP contribution in [0.3, 0.4) is 0 Å². The smallest absolute Gasteiger partial charge is 0.239 e. The van der Waals surface area contributed by atoms with Gasteiger partial charge in [-0.25, -0.2) is 0 Å². The van der Waals surface area contributed by atoms with Crippen molar-refractivity contribution in [1.29, 1.82) is 0 Å². The summed E-state index contributed by atoms with van der Waals surface area (Å²) in [5.74, 6) is -0.0451. The van der Waals surface area contributed by atoms with E-state index in [9.17, 15) is 4.79 Å². The van der Waals surface area contributed by atoms with Crippen LogP contribution >= 0.6 is 0 Å². The molecule has 0 atom stereocenters. The van der Waals surface area contributed by atoms with Gasteiger partial charge in [0.2, 0.25) is 5.91 Å². The molecule has 132 valence electrons. The quantitative estimate of drug-likeness (QED) is 0.496. The van der Waals surface area contributed by atoms with Crippen LogP contribution in [0.1, 0.15) is 18.1 Å². The molecule has 4 aromatic rings. The average molecular weight is 351 g/mol. The third-order valence-corrected chi connectivity index (χ3v) is 5.19. The molecule has 1 N–H and O–H groups in total. The number of carbonyl (C=O) groups excluding carboxylic acids is 1. The second-order valence-electron chi connectivity index (χ2n) is 6.84. The molecule has 27 heavy (non-hydrogen) atoms. The first-order chi connectivity index (χ1) is 13.2. The molecule has 2 nitrogen and oxygen atoms in total. The van der Waals surface area contributed by atoms with Crippen molar-refractivity contribution in [3.8, 4) is 0 Å². The van der Waals surface area contributed by atoms with E-state index < -0.39 is 5.41 Å². The fourth-order valence-corrected chi connectivity index (χ4v) is 3.55. The Kier molecular flexibility index (Phi) is 4.47. The summed E-state index contributed by atoms with van der Waals surface area (Å²) in [6, 6.07) is 33.9. The van der Waals surface area contributed by atoms with Gasteiger partial charge in [-0.3, -0.25) is 4.79 Å². The monoisotopic (exact) mass is 351 g/mol. The van der Waals surface area contributed by atoms with E-state index in [-0.39, 0.29) is 5.91 Å². The number of benzene rings is 4. The van der Waals surface area contributed by atoms with E-state index in [1.165, 1.54) is 0 Å². The molecule has 0 spiro atoms. The van der Waals surface area contributed by atoms with Gasteiger partial charge in [0, 0.05) is 11.1 Å². The van der Waals surface area contributed by atoms with Gasteiger partial charge in [-0.1, -0.05) is 97.1 Å². The molecule has 2 heteroatoms. The Labute approximate surface area is 159 Å². The minimum atomic E-state index is -0.792. The van der Waals surface area contributed by atoms with E-state index in [0.29, 0.717) is 0 Å². The Balaban J connectivity index is 1.80. The molecule has 0 aromatic heterocycles. The van der Waals surface area contributed by atoms with Crippen LogP contribution in [-0.4, -0.2) is 5.91 Å². The van der Waals surface area contributed by atoms with Crippen LogP contribution in [0.5, 0.6) is 0 Å². The zero-order valence-electron chi connectivity index (χ0n) is 15.2. The summed E-state index contributed by atoms with van der Waals surface area (Å²) in [5.41, 5.74) is 1.97. The molecule has 0 radical (unpaired) electrons. The number of carbonyl (C=O) groups is 1. The van der Waals surface area contributed by atoms with Gasteiger partial charge in [0.1, 0.15) is 0 Å². The summed E-state index contributed by atoms with van der Waals surface area (Å²) in [4.78, 5) is 13.6. The highest BCUT2D eigenvalue weighted by Gasteiger charge is 2.37. The number of fused-ring (bicyclic) bond motifs is 1. The predicted molar refractivity (Wildman–Crippen MR) is 112 cm³/mol. The maximum absolute atomic E-state index is 13.6. The van der Waals surface area contributed by atoms with E-state index >= 15 is 0 Å².